The molecular formula is C37H33NO. The molecule has 0 bridgehead atoms. The molecule has 1 N–H and O–H groups in total. The van der Waals surface area contributed by atoms with Gasteiger partial charge in [-0.2, -0.15) is 0 Å². The van der Waals surface area contributed by atoms with Crippen LogP contribution in [-0.2, 0) is 5.41 Å². The first-order valence-corrected chi connectivity index (χ1v) is 13.8. The van der Waals surface area contributed by atoms with Crippen molar-refractivity contribution < 1.29 is 4.42 Å². The molecule has 192 valence electrons. The minimum Gasteiger partial charge on any atom is -0.455 e. The predicted molar refractivity (Wildman–Crippen MR) is 165 cm³/mol. The fraction of sp³-hybridized carbons (Fsp3) is 0.189. The van der Waals surface area contributed by atoms with Crippen LogP contribution in [0.25, 0.3) is 44.2 Å². The van der Waals surface area contributed by atoms with Crippen LogP contribution in [0.3, 0.4) is 0 Å². The van der Waals surface area contributed by atoms with E-state index in [1.54, 1.807) is 0 Å². The van der Waals surface area contributed by atoms with E-state index in [0.717, 1.165) is 22.5 Å². The minimum absolute atomic E-state index is 0.162. The van der Waals surface area contributed by atoms with Crippen LogP contribution in [0, 0.1) is 27.7 Å². The van der Waals surface area contributed by atoms with Crippen LogP contribution >= 0.6 is 0 Å². The van der Waals surface area contributed by atoms with Crippen molar-refractivity contribution in [3.63, 3.8) is 0 Å². The minimum atomic E-state index is -0.162. The molecule has 0 unspecified atom stereocenters. The number of hydrogen-bond acceptors (Lipinski definition) is 2. The SMILES string of the molecule is Cc1ccc(Nc2ccc3c(c2)C(C)(C)c2cc(-c4ccc(C)cc4C)c4oc5ccccc5c4c2-3)c(C)c1. The van der Waals surface area contributed by atoms with E-state index in [2.05, 4.69) is 132 Å². The molecule has 0 spiro atoms. The predicted octanol–water partition coefficient (Wildman–Crippen LogP) is 10.5. The Hall–Kier alpha value is -4.30. The summed E-state index contributed by atoms with van der Waals surface area (Å²) >= 11 is 0. The summed E-state index contributed by atoms with van der Waals surface area (Å²) in [7, 11) is 0. The quantitative estimate of drug-likeness (QED) is 0.258. The largest absolute Gasteiger partial charge is 0.455 e. The van der Waals surface area contributed by atoms with Crippen LogP contribution in [0.15, 0.2) is 89.3 Å². The van der Waals surface area contributed by atoms with Crippen LogP contribution in [-0.4, -0.2) is 0 Å². The number of rotatable bonds is 3. The summed E-state index contributed by atoms with van der Waals surface area (Å²) < 4.78 is 6.64. The van der Waals surface area contributed by atoms with Crippen molar-refractivity contribution in [3.8, 4) is 22.3 Å². The second-order valence-corrected chi connectivity index (χ2v) is 11.8. The van der Waals surface area contributed by atoms with Gasteiger partial charge in [0.1, 0.15) is 11.2 Å². The molecule has 0 fully saturated rings. The van der Waals surface area contributed by atoms with E-state index in [4.69, 9.17) is 4.42 Å². The zero-order valence-corrected chi connectivity index (χ0v) is 23.5. The van der Waals surface area contributed by atoms with Crippen molar-refractivity contribution >= 4 is 33.3 Å². The molecule has 2 heteroatoms. The summed E-state index contributed by atoms with van der Waals surface area (Å²) in [4.78, 5) is 0. The lowest BCUT2D eigenvalue weighted by atomic mass is 9.80. The Morgan fingerprint density at radius 1 is 0.641 bits per heavy atom. The zero-order chi connectivity index (χ0) is 27.1. The van der Waals surface area contributed by atoms with E-state index in [0.29, 0.717) is 0 Å². The first-order valence-electron chi connectivity index (χ1n) is 13.8. The van der Waals surface area contributed by atoms with E-state index in [9.17, 15) is 0 Å². The molecular weight excluding hydrogens is 474 g/mol. The number of fused-ring (bicyclic) bond motifs is 7. The highest BCUT2D eigenvalue weighted by molar-refractivity contribution is 6.18. The van der Waals surface area contributed by atoms with Gasteiger partial charge < -0.3 is 9.73 Å². The fourth-order valence-corrected chi connectivity index (χ4v) is 6.60. The van der Waals surface area contributed by atoms with E-state index in [-0.39, 0.29) is 5.41 Å². The number of anilines is 2. The Balaban J connectivity index is 1.49. The third-order valence-electron chi connectivity index (χ3n) is 8.62. The van der Waals surface area contributed by atoms with E-state index in [1.165, 1.54) is 66.4 Å². The molecule has 0 radical (unpaired) electrons. The average molecular weight is 508 g/mol. The highest BCUT2D eigenvalue weighted by Crippen LogP contribution is 2.55. The standard InChI is InChI=1S/C37H33NO/c1-21-11-14-26(23(3)17-21)29-20-31-34(35-28-9-7-8-10-33(28)39-36(29)35)27-15-13-25(19-30(27)37(31,5)6)38-32-16-12-22(2)18-24(32)4/h7-20,38H,1-6H3. The Kier molecular flexibility index (Phi) is 5.09. The van der Waals surface area contributed by atoms with Gasteiger partial charge in [-0.1, -0.05) is 79.6 Å². The number of nitrogens with one attached hydrogen (secondary N) is 1. The van der Waals surface area contributed by atoms with Gasteiger partial charge in [-0.25, -0.2) is 0 Å². The lowest BCUT2D eigenvalue weighted by Crippen LogP contribution is -2.15. The summed E-state index contributed by atoms with van der Waals surface area (Å²) in [5.74, 6) is 0. The Morgan fingerprint density at radius 3 is 2.13 bits per heavy atom. The van der Waals surface area contributed by atoms with Crippen LogP contribution in [0.2, 0.25) is 0 Å². The molecule has 2 nitrogen and oxygen atoms in total. The number of aryl methyl sites for hydroxylation is 4. The van der Waals surface area contributed by atoms with Gasteiger partial charge in [0.05, 0.1) is 0 Å². The highest BCUT2D eigenvalue weighted by atomic mass is 16.3. The third-order valence-corrected chi connectivity index (χ3v) is 8.62. The van der Waals surface area contributed by atoms with Gasteiger partial charge in [0.15, 0.2) is 0 Å². The summed E-state index contributed by atoms with van der Waals surface area (Å²) in [6, 6.07) is 31.0. The molecule has 0 saturated carbocycles. The number of para-hydroxylation sites is 1. The third kappa shape index (κ3) is 3.55. The van der Waals surface area contributed by atoms with Crippen molar-refractivity contribution in [2.24, 2.45) is 0 Å². The van der Waals surface area contributed by atoms with Crippen LogP contribution < -0.4 is 5.32 Å². The molecule has 1 aliphatic carbocycles. The van der Waals surface area contributed by atoms with Crippen molar-refractivity contribution in [2.75, 3.05) is 5.32 Å². The summed E-state index contributed by atoms with van der Waals surface area (Å²) in [5, 5.41) is 6.09. The van der Waals surface area contributed by atoms with Crippen LogP contribution in [0.5, 0.6) is 0 Å². The molecule has 0 aliphatic heterocycles. The second kappa shape index (κ2) is 8.35. The van der Waals surface area contributed by atoms with Crippen molar-refractivity contribution in [1.29, 1.82) is 0 Å². The molecule has 0 saturated heterocycles. The molecule has 0 amide bonds. The smallest absolute Gasteiger partial charge is 0.143 e. The van der Waals surface area contributed by atoms with E-state index in [1.807, 2.05) is 0 Å². The number of benzene rings is 5. The van der Waals surface area contributed by atoms with Crippen LogP contribution in [0.1, 0.15) is 47.2 Å². The Labute approximate surface area is 230 Å². The lowest BCUT2D eigenvalue weighted by molar-refractivity contribution is 0.657. The van der Waals surface area contributed by atoms with Crippen molar-refractivity contribution in [2.45, 2.75) is 47.0 Å². The molecule has 0 atom stereocenters. The molecule has 7 rings (SSSR count). The molecule has 1 aromatic heterocycles. The van der Waals surface area contributed by atoms with Gasteiger partial charge >= 0.3 is 0 Å². The summed E-state index contributed by atoms with van der Waals surface area (Å²) in [6.45, 7) is 13.4. The molecule has 1 heterocycles. The molecule has 1 aliphatic rings. The van der Waals surface area contributed by atoms with E-state index < -0.39 is 0 Å². The molecule has 6 aromatic rings. The maximum Gasteiger partial charge on any atom is 0.143 e. The molecule has 5 aromatic carbocycles. The van der Waals surface area contributed by atoms with Gasteiger partial charge in [0, 0.05) is 33.1 Å². The fourth-order valence-electron chi connectivity index (χ4n) is 6.60. The van der Waals surface area contributed by atoms with Gasteiger partial charge in [-0.05, 0) is 97.0 Å². The van der Waals surface area contributed by atoms with Gasteiger partial charge in [0.2, 0.25) is 0 Å². The Bertz CT molecular complexity index is 1950. The van der Waals surface area contributed by atoms with Crippen molar-refractivity contribution in [3.05, 3.63) is 118 Å². The van der Waals surface area contributed by atoms with Crippen LogP contribution in [0.4, 0.5) is 11.4 Å². The first kappa shape index (κ1) is 23.8. The summed E-state index contributed by atoms with van der Waals surface area (Å²) in [5.41, 5.74) is 16.8. The van der Waals surface area contributed by atoms with Gasteiger partial charge in [-0.15, -0.1) is 0 Å². The van der Waals surface area contributed by atoms with Gasteiger partial charge in [0.25, 0.3) is 0 Å². The second-order valence-electron chi connectivity index (χ2n) is 11.8. The van der Waals surface area contributed by atoms with Gasteiger partial charge in [-0.3, -0.25) is 0 Å². The number of furan rings is 1. The monoisotopic (exact) mass is 507 g/mol. The maximum atomic E-state index is 6.64. The summed E-state index contributed by atoms with van der Waals surface area (Å²) in [6.07, 6.45) is 0. The lowest BCUT2D eigenvalue weighted by Gasteiger charge is -2.23. The zero-order valence-electron chi connectivity index (χ0n) is 23.5. The maximum absolute atomic E-state index is 6.64. The number of hydrogen-bond donors (Lipinski definition) is 1. The normalized spacial score (nSPS) is 13.6. The topological polar surface area (TPSA) is 25.2 Å². The highest BCUT2D eigenvalue weighted by Gasteiger charge is 2.39. The van der Waals surface area contributed by atoms with Crippen molar-refractivity contribution in [1.82, 2.24) is 0 Å². The average Bonchev–Trinajstić information content (AvgIpc) is 3.39. The molecule has 39 heavy (non-hydrogen) atoms. The Morgan fingerprint density at radius 2 is 1.36 bits per heavy atom. The van der Waals surface area contributed by atoms with E-state index >= 15 is 0 Å². The first-order chi connectivity index (χ1) is 18.7.